The Hall–Kier alpha value is -6.58. The van der Waals surface area contributed by atoms with Gasteiger partial charge >= 0.3 is 0 Å². The highest BCUT2D eigenvalue weighted by Gasteiger charge is 2.31. The molecular weight excluding hydrogens is 1320 g/mol. The molecule has 0 unspecified atom stereocenters. The summed E-state index contributed by atoms with van der Waals surface area (Å²) in [5.41, 5.74) is -1.23. The second-order valence-electron chi connectivity index (χ2n) is 21.6. The third-order valence-electron chi connectivity index (χ3n) is 15.4. The molecule has 10 bridgehead atoms. The summed E-state index contributed by atoms with van der Waals surface area (Å²) >= 11 is 0. The number of benzene rings is 6. The zero-order valence-corrected chi connectivity index (χ0v) is 54.0. The minimum atomic E-state index is -5.21. The molecule has 0 amide bonds. The molecule has 0 atom stereocenters. The molecule has 28 nitrogen and oxygen atoms in total. The van der Waals surface area contributed by atoms with Gasteiger partial charge in [0.25, 0.3) is 60.7 Å². The van der Waals surface area contributed by atoms with Crippen LogP contribution >= 0.6 is 0 Å². The second kappa shape index (κ2) is 27.5. The molecule has 9 N–H and O–H groups in total. The Morgan fingerprint density at radius 3 is 0.648 bits per heavy atom. The van der Waals surface area contributed by atoms with Crippen molar-refractivity contribution in [1.29, 1.82) is 0 Å². The summed E-state index contributed by atoms with van der Waals surface area (Å²) in [6.45, 7) is 2.52. The molecule has 0 aromatic heterocycles. The maximum atomic E-state index is 13.4. The predicted octanol–water partition coefficient (Wildman–Crippen LogP) is 3.29. The van der Waals surface area contributed by atoms with Crippen molar-refractivity contribution in [3.63, 3.8) is 0 Å². The van der Waals surface area contributed by atoms with Gasteiger partial charge in [-0.3, -0.25) is 32.2 Å². The van der Waals surface area contributed by atoms with Crippen LogP contribution in [0.3, 0.4) is 0 Å². The van der Waals surface area contributed by atoms with Crippen molar-refractivity contribution in [2.45, 2.75) is 67.9 Å². The molecule has 0 saturated heterocycles. The lowest BCUT2D eigenvalue weighted by Crippen LogP contribution is -2.42. The van der Waals surface area contributed by atoms with Gasteiger partial charge in [0.2, 0.25) is 0 Å². The van der Waals surface area contributed by atoms with Crippen LogP contribution in [0.5, 0.6) is 34.5 Å². The number of hydrogen-bond donors (Lipinski definition) is 9. The van der Waals surface area contributed by atoms with Gasteiger partial charge in [-0.1, -0.05) is 0 Å². The van der Waals surface area contributed by atoms with Gasteiger partial charge in [-0.25, -0.2) is 0 Å². The summed E-state index contributed by atoms with van der Waals surface area (Å²) in [7, 11) is -27.7. The van der Waals surface area contributed by atoms with E-state index in [1.165, 1.54) is 21.3 Å². The molecule has 3 aliphatic heterocycles. The van der Waals surface area contributed by atoms with Crippen LogP contribution in [0.15, 0.2) is 102 Å². The predicted molar refractivity (Wildman–Crippen MR) is 326 cm³/mol. The van der Waals surface area contributed by atoms with Crippen molar-refractivity contribution in [2.24, 2.45) is 0 Å². The summed E-state index contributed by atoms with van der Waals surface area (Å²) in [5, 5.41) is 10.0. The Kier molecular flexibility index (Phi) is 20.8. The zero-order chi connectivity index (χ0) is 66.0. The van der Waals surface area contributed by atoms with Crippen molar-refractivity contribution in [1.82, 2.24) is 20.9 Å². The molecule has 3 aliphatic rings. The molecule has 494 valence electrons. The lowest BCUT2D eigenvalue weighted by atomic mass is 9.91. The molecule has 9 rings (SSSR count). The van der Waals surface area contributed by atoms with Crippen LogP contribution in [0.25, 0.3) is 0 Å². The van der Waals surface area contributed by atoms with Crippen molar-refractivity contribution in [3.8, 4) is 34.5 Å². The minimum absolute atomic E-state index is 0.0966. The van der Waals surface area contributed by atoms with Crippen LogP contribution in [-0.4, -0.2) is 183 Å². The molecule has 0 saturated carbocycles. The standard InChI is InChI=1S/C57H66N4O24S6/c1-80-52-34-16-40-28-49(89(71,72)73)30-42-18-36-24-47(87(65,66)67)26-38(53(36)81-2)20-44-32-51(91(77,78)79)33-45-21-39-27-48(88(68,69)70)25-37(54(39)82-3)19-43-31-50(90(74,75)76)29-41(17-35(52)23-46(22-34)86(62,63)64)56(43)84-14-8-59-5-11-61(10-4-58-7-13-83-55(40)42)12-6-60-9-15-85-57(44)45/h22-33,58-60H,4-21H2,1-3H3,(H,62,63,64)(H,65,66,67)(H,68,69,70)(H,71,72,73)(H,74,75,76)(H,77,78,79). The third kappa shape index (κ3) is 16.6. The molecule has 6 aromatic carbocycles. The monoisotopic (exact) mass is 1380 g/mol. The molecule has 34 heteroatoms. The van der Waals surface area contributed by atoms with Gasteiger partial charge < -0.3 is 44.4 Å². The summed E-state index contributed by atoms with van der Waals surface area (Å²) in [4.78, 5) is -2.42. The maximum absolute atomic E-state index is 13.4. The maximum Gasteiger partial charge on any atom is 0.294 e. The topological polar surface area (TPSA) is 421 Å². The first-order chi connectivity index (χ1) is 42.7. The lowest BCUT2D eigenvalue weighted by Gasteiger charge is -2.25. The molecule has 6 aromatic rings. The Bertz CT molecular complexity index is 3930. The Morgan fingerprint density at radius 1 is 0.308 bits per heavy atom. The van der Waals surface area contributed by atoms with E-state index in [1.54, 1.807) is 0 Å². The highest BCUT2D eigenvalue weighted by atomic mass is 32.2. The summed E-state index contributed by atoms with van der Waals surface area (Å²) in [6.07, 6.45) is -3.41. The third-order valence-corrected chi connectivity index (χ3v) is 20.4. The Morgan fingerprint density at radius 2 is 0.484 bits per heavy atom. The fourth-order valence-electron chi connectivity index (χ4n) is 11.5. The van der Waals surface area contributed by atoms with Gasteiger partial charge in [0, 0.05) is 164 Å². The number of nitrogens with zero attached hydrogens (tertiary/aromatic N) is 1. The first-order valence-corrected chi connectivity index (χ1v) is 36.5. The van der Waals surface area contributed by atoms with Crippen molar-refractivity contribution in [3.05, 3.63) is 140 Å². The number of ether oxygens (including phenoxy) is 6. The van der Waals surface area contributed by atoms with Crippen LogP contribution < -0.4 is 44.4 Å². The fourth-order valence-corrected chi connectivity index (χ4v) is 15.0. The molecule has 3 heterocycles. The van der Waals surface area contributed by atoms with E-state index in [4.69, 9.17) is 28.4 Å². The summed E-state index contributed by atoms with van der Waals surface area (Å²) < 4.78 is 264. The summed E-state index contributed by atoms with van der Waals surface area (Å²) in [5.74, 6) is -0.803. The first-order valence-electron chi connectivity index (χ1n) is 27.9. The highest BCUT2D eigenvalue weighted by Crippen LogP contribution is 2.44. The molecule has 0 spiro atoms. The van der Waals surface area contributed by atoms with Crippen molar-refractivity contribution >= 4 is 60.7 Å². The molecule has 0 radical (unpaired) electrons. The Labute approximate surface area is 526 Å². The van der Waals surface area contributed by atoms with E-state index in [-0.39, 0.29) is 141 Å². The van der Waals surface area contributed by atoms with Crippen LogP contribution in [-0.2, 0) is 99.2 Å². The van der Waals surface area contributed by atoms with Gasteiger partial charge in [-0.05, 0) is 72.8 Å². The van der Waals surface area contributed by atoms with Gasteiger partial charge in [0.05, 0.1) is 50.7 Å². The van der Waals surface area contributed by atoms with Crippen LogP contribution in [0.4, 0.5) is 0 Å². The zero-order valence-electron chi connectivity index (χ0n) is 49.1. The van der Waals surface area contributed by atoms with Crippen molar-refractivity contribution in [2.75, 3.05) is 100 Å². The number of rotatable bonds is 9. The van der Waals surface area contributed by atoms with Crippen molar-refractivity contribution < 1.29 is 106 Å². The first kappa shape index (κ1) is 68.8. The highest BCUT2D eigenvalue weighted by molar-refractivity contribution is 7.87. The van der Waals surface area contributed by atoms with Gasteiger partial charge in [-0.2, -0.15) is 50.5 Å². The molecule has 91 heavy (non-hydrogen) atoms. The van der Waals surface area contributed by atoms with Crippen LogP contribution in [0.2, 0.25) is 0 Å². The van der Waals surface area contributed by atoms with E-state index in [0.717, 1.165) is 72.8 Å². The van der Waals surface area contributed by atoms with Gasteiger partial charge in [0.15, 0.2) is 0 Å². The van der Waals surface area contributed by atoms with E-state index < -0.39 is 129 Å². The molecular formula is C57H66N4O24S6. The number of hydrogen-bond acceptors (Lipinski definition) is 22. The molecule has 0 aliphatic carbocycles. The van der Waals surface area contributed by atoms with Gasteiger partial charge in [0.1, 0.15) is 54.3 Å². The van der Waals surface area contributed by atoms with E-state index in [9.17, 15) is 77.8 Å². The summed E-state index contributed by atoms with van der Waals surface area (Å²) in [6, 6.07) is 12.2. The quantitative estimate of drug-likeness (QED) is 0.0936. The van der Waals surface area contributed by atoms with E-state index in [1.807, 2.05) is 0 Å². The SMILES string of the molecule is COc1c2cc(S(=O)(=O)O)cc1Cc1cc(S(=O)(=O)O)cc3c1OCCNCCN1CCNCCOc4c(cc(S(=O)(=O)O)cc4Cc4cc(S(=O)(=O)O)cc(c4OC)Cc4cc(S(=O)(=O)O)cc(c4OCCNCC1)Cc1cc(S(=O)(=O)O)cc(c1OC)C3)C2. The number of methoxy groups -OCH3 is 3. The average Bonchev–Trinajstić information content (AvgIpc) is 0.801. The lowest BCUT2D eigenvalue weighted by molar-refractivity contribution is 0.253. The van der Waals surface area contributed by atoms with Crippen LogP contribution in [0.1, 0.15) is 66.8 Å². The average molecular weight is 1380 g/mol. The van der Waals surface area contributed by atoms with Crippen LogP contribution in [0, 0.1) is 0 Å². The normalized spacial score (nSPS) is 16.5. The minimum Gasteiger partial charge on any atom is -0.496 e. The van der Waals surface area contributed by atoms with E-state index >= 15 is 0 Å². The number of fused-ring (bicyclic) bond motifs is 21. The molecule has 0 fully saturated rings. The fraction of sp³-hybridized carbons (Fsp3) is 0.368. The van der Waals surface area contributed by atoms with Gasteiger partial charge in [-0.15, -0.1) is 0 Å². The van der Waals surface area contributed by atoms with E-state index in [2.05, 4.69) is 20.9 Å². The smallest absolute Gasteiger partial charge is 0.294 e. The number of nitrogens with one attached hydrogen (secondary N) is 3. The second-order valence-corrected chi connectivity index (χ2v) is 30.1. The Balaban J connectivity index is 1.48. The largest absolute Gasteiger partial charge is 0.496 e. The van der Waals surface area contributed by atoms with E-state index in [0.29, 0.717) is 39.3 Å².